The highest BCUT2D eigenvalue weighted by Gasteiger charge is 2.43. The number of alkyl halides is 2. The Morgan fingerprint density at radius 3 is 2.29 bits per heavy atom. The van der Waals surface area contributed by atoms with Gasteiger partial charge in [-0.3, -0.25) is 4.79 Å². The van der Waals surface area contributed by atoms with Crippen LogP contribution in [0.25, 0.3) is 11.1 Å². The summed E-state index contributed by atoms with van der Waals surface area (Å²) in [4.78, 5) is 12.3. The van der Waals surface area contributed by atoms with E-state index in [1.165, 1.54) is 12.1 Å². The number of amides is 1. The molecule has 0 bridgehead atoms. The Morgan fingerprint density at radius 2 is 1.68 bits per heavy atom. The highest BCUT2D eigenvalue weighted by molar-refractivity contribution is 6.03. The Kier molecular flexibility index (Phi) is 4.06. The molecule has 0 atom stereocenters. The first-order valence-electron chi connectivity index (χ1n) is 8.48. The Morgan fingerprint density at radius 1 is 1.04 bits per heavy atom. The van der Waals surface area contributed by atoms with Gasteiger partial charge in [0, 0.05) is 11.3 Å². The number of carbonyl (C=O) groups excluding carboxylic acids is 1. The van der Waals surface area contributed by atoms with Gasteiger partial charge in [-0.2, -0.15) is 0 Å². The van der Waals surface area contributed by atoms with Crippen LogP contribution in [0.5, 0.6) is 11.5 Å². The molecule has 6 nitrogen and oxygen atoms in total. The molecule has 28 heavy (non-hydrogen) atoms. The summed E-state index contributed by atoms with van der Waals surface area (Å²) in [6.45, 7) is 5.29. The van der Waals surface area contributed by atoms with Crippen molar-refractivity contribution in [3.63, 3.8) is 0 Å². The third-order valence-electron chi connectivity index (χ3n) is 4.57. The maximum atomic E-state index is 13.3. The molecule has 3 aromatic rings. The number of aromatic nitrogens is 1. The van der Waals surface area contributed by atoms with Gasteiger partial charge in [-0.25, -0.2) is 0 Å². The fraction of sp³-hybridized carbons (Fsp3) is 0.200. The van der Waals surface area contributed by atoms with Gasteiger partial charge in [0.25, 0.3) is 5.91 Å². The number of aryl methyl sites for hydroxylation is 2. The first-order chi connectivity index (χ1) is 13.2. The summed E-state index contributed by atoms with van der Waals surface area (Å²) in [6, 6.07) is 10.0. The molecule has 1 N–H and O–H groups in total. The van der Waals surface area contributed by atoms with E-state index in [0.29, 0.717) is 17.0 Å². The number of rotatable bonds is 3. The van der Waals surface area contributed by atoms with Crippen molar-refractivity contribution >= 4 is 11.6 Å². The number of benzene rings is 2. The van der Waals surface area contributed by atoms with E-state index in [2.05, 4.69) is 19.9 Å². The Bertz CT molecular complexity index is 1070. The Hall–Kier alpha value is -3.42. The Balaban J connectivity index is 1.56. The molecule has 1 amide bonds. The molecule has 1 aromatic heterocycles. The zero-order valence-electron chi connectivity index (χ0n) is 15.3. The van der Waals surface area contributed by atoms with Gasteiger partial charge in [-0.15, -0.1) is 8.78 Å². The third kappa shape index (κ3) is 3.17. The summed E-state index contributed by atoms with van der Waals surface area (Å²) in [6.07, 6.45) is -3.65. The van der Waals surface area contributed by atoms with E-state index < -0.39 is 6.29 Å². The SMILES string of the molecule is Cc1cc2c(cc1-c1ccc(NC(=O)c3noc(C)c3C)cc1)OC(F)(F)O2. The van der Waals surface area contributed by atoms with Crippen LogP contribution in [0.1, 0.15) is 27.4 Å². The molecule has 0 saturated carbocycles. The van der Waals surface area contributed by atoms with Crippen molar-refractivity contribution in [3.05, 3.63) is 59.0 Å². The minimum Gasteiger partial charge on any atom is -0.395 e. The van der Waals surface area contributed by atoms with E-state index in [1.54, 1.807) is 45.0 Å². The lowest BCUT2D eigenvalue weighted by Gasteiger charge is -2.09. The predicted molar refractivity (Wildman–Crippen MR) is 96.7 cm³/mol. The van der Waals surface area contributed by atoms with Crippen molar-refractivity contribution in [3.8, 4) is 22.6 Å². The summed E-state index contributed by atoms with van der Waals surface area (Å²) in [7, 11) is 0. The van der Waals surface area contributed by atoms with Crippen LogP contribution in [-0.4, -0.2) is 17.4 Å². The quantitative estimate of drug-likeness (QED) is 0.697. The number of nitrogens with zero attached hydrogens (tertiary/aromatic N) is 1. The van der Waals surface area contributed by atoms with Crippen molar-refractivity contribution in [1.82, 2.24) is 5.16 Å². The van der Waals surface area contributed by atoms with Crippen LogP contribution in [0, 0.1) is 20.8 Å². The minimum atomic E-state index is -3.65. The first-order valence-corrected chi connectivity index (χ1v) is 8.48. The molecular formula is C20H16F2N2O4. The maximum Gasteiger partial charge on any atom is 0.586 e. The number of nitrogens with one attached hydrogen (secondary N) is 1. The largest absolute Gasteiger partial charge is 0.586 e. The molecular weight excluding hydrogens is 370 g/mol. The summed E-state index contributed by atoms with van der Waals surface area (Å²) < 4.78 is 40.5. The third-order valence-corrected chi connectivity index (χ3v) is 4.57. The van der Waals surface area contributed by atoms with Crippen LogP contribution >= 0.6 is 0 Å². The molecule has 144 valence electrons. The second-order valence-electron chi connectivity index (χ2n) is 6.53. The summed E-state index contributed by atoms with van der Waals surface area (Å²) in [5.41, 5.74) is 3.74. The summed E-state index contributed by atoms with van der Waals surface area (Å²) >= 11 is 0. The molecule has 1 aliphatic heterocycles. The summed E-state index contributed by atoms with van der Waals surface area (Å²) in [5, 5.41) is 6.51. The molecule has 4 rings (SSSR count). The number of hydrogen-bond donors (Lipinski definition) is 1. The van der Waals surface area contributed by atoms with E-state index in [9.17, 15) is 13.6 Å². The lowest BCUT2D eigenvalue weighted by Crippen LogP contribution is -2.25. The van der Waals surface area contributed by atoms with Crippen LogP contribution in [0.4, 0.5) is 14.5 Å². The molecule has 0 fully saturated rings. The molecule has 0 aliphatic carbocycles. The average molecular weight is 386 g/mol. The molecule has 0 radical (unpaired) electrons. The highest BCUT2D eigenvalue weighted by Crippen LogP contribution is 2.44. The van der Waals surface area contributed by atoms with Crippen molar-refractivity contribution in [1.29, 1.82) is 0 Å². The standard InChI is InChI=1S/C20H16F2N2O4/c1-10-8-16-17(27-20(21,22)26-16)9-15(10)13-4-6-14(7-5-13)23-19(25)18-11(2)12(3)28-24-18/h4-9H,1-3H3,(H,23,25). The number of fused-ring (bicyclic) bond motifs is 1. The normalized spacial score (nSPS) is 14.2. The molecule has 0 saturated heterocycles. The number of halogens is 2. The summed E-state index contributed by atoms with van der Waals surface area (Å²) in [5.74, 6) is 0.209. The van der Waals surface area contributed by atoms with E-state index in [4.69, 9.17) is 4.52 Å². The number of carbonyl (C=O) groups is 1. The first kappa shape index (κ1) is 18.0. The van der Waals surface area contributed by atoms with Gasteiger partial charge >= 0.3 is 6.29 Å². The van der Waals surface area contributed by atoms with Crippen LogP contribution in [0.2, 0.25) is 0 Å². The number of anilines is 1. The van der Waals surface area contributed by atoms with Crippen LogP contribution < -0.4 is 14.8 Å². The molecule has 0 unspecified atom stereocenters. The maximum absolute atomic E-state index is 13.3. The monoisotopic (exact) mass is 386 g/mol. The molecule has 2 aromatic carbocycles. The fourth-order valence-electron chi connectivity index (χ4n) is 2.96. The van der Waals surface area contributed by atoms with Gasteiger partial charge in [-0.05, 0) is 61.7 Å². The van der Waals surface area contributed by atoms with Crippen LogP contribution in [0.15, 0.2) is 40.9 Å². The average Bonchev–Trinajstić information content (AvgIpc) is 3.12. The smallest absolute Gasteiger partial charge is 0.395 e. The zero-order chi connectivity index (χ0) is 20.1. The van der Waals surface area contributed by atoms with Crippen molar-refractivity contribution in [2.45, 2.75) is 27.1 Å². The number of ether oxygens (including phenoxy) is 2. The van der Waals surface area contributed by atoms with E-state index >= 15 is 0 Å². The van der Waals surface area contributed by atoms with Crippen molar-refractivity contribution in [2.75, 3.05) is 5.32 Å². The zero-order valence-corrected chi connectivity index (χ0v) is 15.3. The molecule has 2 heterocycles. The van der Waals surface area contributed by atoms with Gasteiger partial charge in [0.15, 0.2) is 17.2 Å². The van der Waals surface area contributed by atoms with Gasteiger partial charge in [0.2, 0.25) is 0 Å². The van der Waals surface area contributed by atoms with Crippen LogP contribution in [0.3, 0.4) is 0 Å². The topological polar surface area (TPSA) is 73.6 Å². The number of hydrogen-bond acceptors (Lipinski definition) is 5. The second kappa shape index (κ2) is 6.33. The van der Waals surface area contributed by atoms with E-state index in [1.807, 2.05) is 0 Å². The van der Waals surface area contributed by atoms with Crippen molar-refractivity contribution in [2.24, 2.45) is 0 Å². The predicted octanol–water partition coefficient (Wildman–Crippen LogP) is 4.84. The van der Waals surface area contributed by atoms with Crippen molar-refractivity contribution < 1.29 is 27.6 Å². The second-order valence-corrected chi connectivity index (χ2v) is 6.53. The molecule has 1 aliphatic rings. The molecule has 8 heteroatoms. The van der Waals surface area contributed by atoms with Gasteiger partial charge in [0.1, 0.15) is 5.76 Å². The van der Waals surface area contributed by atoms with Gasteiger partial charge in [0.05, 0.1) is 0 Å². The van der Waals surface area contributed by atoms with Gasteiger partial charge in [-0.1, -0.05) is 17.3 Å². The minimum absolute atomic E-state index is 0.00779. The fourth-order valence-corrected chi connectivity index (χ4v) is 2.96. The van der Waals surface area contributed by atoms with E-state index in [0.717, 1.165) is 16.7 Å². The lowest BCUT2D eigenvalue weighted by molar-refractivity contribution is -0.286. The van der Waals surface area contributed by atoms with Crippen LogP contribution in [-0.2, 0) is 0 Å². The Labute approximate surface area is 159 Å². The van der Waals surface area contributed by atoms with E-state index in [-0.39, 0.29) is 23.1 Å². The van der Waals surface area contributed by atoms with Gasteiger partial charge < -0.3 is 19.3 Å². The molecule has 0 spiro atoms. The highest BCUT2D eigenvalue weighted by atomic mass is 19.3. The lowest BCUT2D eigenvalue weighted by atomic mass is 9.99.